The number of morpholine rings is 1. The third-order valence-electron chi connectivity index (χ3n) is 4.32. The molecule has 4 heterocycles. The van der Waals surface area contributed by atoms with Gasteiger partial charge in [-0.15, -0.1) is 11.3 Å². The number of amides is 1. The molecule has 2 aromatic rings. The Kier molecular flexibility index (Phi) is 4.40. The van der Waals surface area contributed by atoms with Crippen LogP contribution in [0.25, 0.3) is 0 Å². The first-order chi connectivity index (χ1) is 11.8. The molecule has 0 radical (unpaired) electrons. The lowest BCUT2D eigenvalue weighted by Crippen LogP contribution is -2.40. The van der Waals surface area contributed by atoms with Gasteiger partial charge in [-0.25, -0.2) is 15.0 Å². The molecule has 0 saturated carbocycles. The standard InChI is InChI=1S/C16H19N5O2S/c22-15(20-8-10-23-11-9-20)14-19-12-2-6-21(7-3-13(12)24-14)16-17-4-1-5-18-16/h1,4-5H,2-3,6-11H2. The minimum absolute atomic E-state index is 0.0413. The average molecular weight is 345 g/mol. The quantitative estimate of drug-likeness (QED) is 0.809. The van der Waals surface area contributed by atoms with Gasteiger partial charge < -0.3 is 14.5 Å². The zero-order chi connectivity index (χ0) is 16.4. The number of hydrogen-bond donors (Lipinski definition) is 0. The molecule has 0 spiro atoms. The molecule has 1 saturated heterocycles. The molecule has 1 fully saturated rings. The van der Waals surface area contributed by atoms with Crippen molar-refractivity contribution in [1.29, 1.82) is 0 Å². The zero-order valence-electron chi connectivity index (χ0n) is 13.3. The van der Waals surface area contributed by atoms with Crippen LogP contribution in [-0.2, 0) is 17.6 Å². The number of thiazole rings is 1. The lowest BCUT2D eigenvalue weighted by atomic mass is 10.2. The number of carbonyl (C=O) groups is 1. The Balaban J connectivity index is 1.47. The number of aromatic nitrogens is 3. The van der Waals surface area contributed by atoms with Crippen LogP contribution in [0.15, 0.2) is 18.5 Å². The number of anilines is 1. The van der Waals surface area contributed by atoms with Crippen LogP contribution in [0.1, 0.15) is 20.4 Å². The van der Waals surface area contributed by atoms with E-state index in [2.05, 4.69) is 19.9 Å². The summed E-state index contributed by atoms with van der Waals surface area (Å²) in [4.78, 5) is 31.1. The fourth-order valence-electron chi connectivity index (χ4n) is 3.01. The molecule has 0 aliphatic carbocycles. The maximum Gasteiger partial charge on any atom is 0.283 e. The van der Waals surface area contributed by atoms with Gasteiger partial charge in [0.15, 0.2) is 5.01 Å². The summed E-state index contributed by atoms with van der Waals surface area (Å²) in [7, 11) is 0. The maximum atomic E-state index is 12.6. The Bertz CT molecular complexity index is 689. The van der Waals surface area contributed by atoms with Gasteiger partial charge in [-0.1, -0.05) is 0 Å². The first-order valence-electron chi connectivity index (χ1n) is 8.19. The van der Waals surface area contributed by atoms with Gasteiger partial charge in [0.25, 0.3) is 5.91 Å². The average Bonchev–Trinajstić information content (AvgIpc) is 2.96. The van der Waals surface area contributed by atoms with E-state index < -0.39 is 0 Å². The molecule has 2 aromatic heterocycles. The highest BCUT2D eigenvalue weighted by molar-refractivity contribution is 7.13. The van der Waals surface area contributed by atoms with Crippen molar-refractivity contribution in [2.45, 2.75) is 12.8 Å². The fourth-order valence-corrected chi connectivity index (χ4v) is 4.08. The van der Waals surface area contributed by atoms with Crippen molar-refractivity contribution in [3.05, 3.63) is 34.0 Å². The van der Waals surface area contributed by atoms with Gasteiger partial charge >= 0.3 is 0 Å². The van der Waals surface area contributed by atoms with Crippen molar-refractivity contribution in [1.82, 2.24) is 19.9 Å². The Morgan fingerprint density at radius 3 is 2.62 bits per heavy atom. The Hall–Kier alpha value is -2.06. The predicted octanol–water partition coefficient (Wildman–Crippen LogP) is 1.01. The smallest absolute Gasteiger partial charge is 0.283 e. The van der Waals surface area contributed by atoms with Gasteiger partial charge in [0.1, 0.15) is 0 Å². The molecular weight excluding hydrogens is 326 g/mol. The second kappa shape index (κ2) is 6.82. The molecule has 7 nitrogen and oxygen atoms in total. The van der Waals surface area contributed by atoms with Crippen molar-refractivity contribution in [3.8, 4) is 0 Å². The summed E-state index contributed by atoms with van der Waals surface area (Å²) in [6.07, 6.45) is 5.23. The van der Waals surface area contributed by atoms with Crippen LogP contribution >= 0.6 is 11.3 Å². The highest BCUT2D eigenvalue weighted by Gasteiger charge is 2.25. The first kappa shape index (κ1) is 15.5. The monoisotopic (exact) mass is 345 g/mol. The Morgan fingerprint density at radius 1 is 1.08 bits per heavy atom. The summed E-state index contributed by atoms with van der Waals surface area (Å²) >= 11 is 1.54. The van der Waals surface area contributed by atoms with Crippen molar-refractivity contribution < 1.29 is 9.53 Å². The molecule has 0 aromatic carbocycles. The summed E-state index contributed by atoms with van der Waals surface area (Å²) in [6.45, 7) is 4.21. The minimum atomic E-state index is 0.0413. The van der Waals surface area contributed by atoms with E-state index in [0.29, 0.717) is 31.3 Å². The van der Waals surface area contributed by atoms with Gasteiger partial charge in [-0.2, -0.15) is 0 Å². The highest BCUT2D eigenvalue weighted by atomic mass is 32.1. The molecule has 0 N–H and O–H groups in total. The van der Waals surface area contributed by atoms with Gasteiger partial charge in [0.05, 0.1) is 18.9 Å². The van der Waals surface area contributed by atoms with E-state index in [0.717, 1.165) is 37.6 Å². The fraction of sp³-hybridized carbons (Fsp3) is 0.500. The van der Waals surface area contributed by atoms with E-state index in [9.17, 15) is 4.79 Å². The summed E-state index contributed by atoms with van der Waals surface area (Å²) in [6, 6.07) is 1.82. The summed E-state index contributed by atoms with van der Waals surface area (Å²) < 4.78 is 5.31. The van der Waals surface area contributed by atoms with Gasteiger partial charge in [0.2, 0.25) is 5.95 Å². The third-order valence-corrected chi connectivity index (χ3v) is 5.47. The number of fused-ring (bicyclic) bond motifs is 1. The van der Waals surface area contributed by atoms with Crippen LogP contribution in [-0.4, -0.2) is 65.2 Å². The molecule has 126 valence electrons. The van der Waals surface area contributed by atoms with Gasteiger partial charge in [-0.3, -0.25) is 4.79 Å². The third kappa shape index (κ3) is 3.11. The van der Waals surface area contributed by atoms with Crippen LogP contribution in [0.4, 0.5) is 5.95 Å². The van der Waals surface area contributed by atoms with Crippen molar-refractivity contribution in [2.24, 2.45) is 0 Å². The molecule has 24 heavy (non-hydrogen) atoms. The van der Waals surface area contributed by atoms with Crippen molar-refractivity contribution in [3.63, 3.8) is 0 Å². The first-order valence-corrected chi connectivity index (χ1v) is 9.00. The molecule has 0 bridgehead atoms. The predicted molar refractivity (Wildman–Crippen MR) is 90.5 cm³/mol. The summed E-state index contributed by atoms with van der Waals surface area (Å²) in [5, 5.41) is 0.617. The SMILES string of the molecule is O=C(c1nc2c(s1)CCN(c1ncccn1)CC2)N1CCOCC1. The zero-order valence-corrected chi connectivity index (χ0v) is 14.2. The lowest BCUT2D eigenvalue weighted by molar-refractivity contribution is 0.0302. The number of carbonyl (C=O) groups excluding carboxylic acids is 1. The molecule has 8 heteroatoms. The van der Waals surface area contributed by atoms with Crippen LogP contribution in [0.3, 0.4) is 0 Å². The number of rotatable bonds is 2. The van der Waals surface area contributed by atoms with Crippen molar-refractivity contribution >= 4 is 23.2 Å². The molecule has 0 atom stereocenters. The van der Waals surface area contributed by atoms with E-state index in [1.54, 1.807) is 12.4 Å². The largest absolute Gasteiger partial charge is 0.378 e. The number of ether oxygens (including phenoxy) is 1. The lowest BCUT2D eigenvalue weighted by Gasteiger charge is -2.25. The molecule has 2 aliphatic heterocycles. The second-order valence-corrected chi connectivity index (χ2v) is 6.91. The molecule has 1 amide bonds. The minimum Gasteiger partial charge on any atom is -0.378 e. The highest BCUT2D eigenvalue weighted by Crippen LogP contribution is 2.25. The maximum absolute atomic E-state index is 12.6. The Morgan fingerprint density at radius 2 is 1.83 bits per heavy atom. The van der Waals surface area contributed by atoms with Gasteiger partial charge in [0, 0.05) is 56.3 Å². The van der Waals surface area contributed by atoms with E-state index in [-0.39, 0.29) is 5.91 Å². The van der Waals surface area contributed by atoms with E-state index in [1.807, 2.05) is 11.0 Å². The normalized spacial score (nSPS) is 18.2. The van der Waals surface area contributed by atoms with Gasteiger partial charge in [-0.05, 0) is 6.07 Å². The summed E-state index contributed by atoms with van der Waals surface area (Å²) in [5.74, 6) is 0.803. The van der Waals surface area contributed by atoms with Crippen molar-refractivity contribution in [2.75, 3.05) is 44.3 Å². The number of nitrogens with zero attached hydrogens (tertiary/aromatic N) is 5. The van der Waals surface area contributed by atoms with Crippen LogP contribution in [0.2, 0.25) is 0 Å². The van der Waals surface area contributed by atoms with Crippen LogP contribution in [0.5, 0.6) is 0 Å². The molecule has 4 rings (SSSR count). The summed E-state index contributed by atoms with van der Waals surface area (Å²) in [5.41, 5.74) is 1.05. The van der Waals surface area contributed by atoms with Crippen LogP contribution < -0.4 is 4.90 Å². The molecule has 0 unspecified atom stereocenters. The number of hydrogen-bond acceptors (Lipinski definition) is 7. The molecular formula is C16H19N5O2S. The second-order valence-electron chi connectivity index (χ2n) is 5.83. The van der Waals surface area contributed by atoms with E-state index >= 15 is 0 Å². The topological polar surface area (TPSA) is 71.5 Å². The molecule has 2 aliphatic rings. The van der Waals surface area contributed by atoms with E-state index in [1.165, 1.54) is 16.2 Å². The Labute approximate surface area is 144 Å². The van der Waals surface area contributed by atoms with E-state index in [4.69, 9.17) is 4.74 Å². The van der Waals surface area contributed by atoms with Crippen LogP contribution in [0, 0.1) is 0 Å².